The van der Waals surface area contributed by atoms with E-state index in [1.165, 1.54) is 0 Å². The van der Waals surface area contributed by atoms with Crippen molar-refractivity contribution in [2.45, 2.75) is 11.6 Å². The largest absolute Gasteiger partial charge is 0.508 e. The number of rotatable bonds is 2. The van der Waals surface area contributed by atoms with Crippen LogP contribution in [-0.2, 0) is 10.5 Å². The molecule has 1 atom stereocenters. The van der Waals surface area contributed by atoms with Crippen molar-refractivity contribution in [1.29, 1.82) is 0 Å². The molecule has 1 unspecified atom stereocenters. The lowest BCUT2D eigenvalue weighted by Crippen LogP contribution is -2.63. The number of carbonyl (C=O) groups excluding carboxylic acids is 1. The van der Waals surface area contributed by atoms with Gasteiger partial charge in [-0.3, -0.25) is 4.79 Å². The van der Waals surface area contributed by atoms with Crippen LogP contribution in [0.1, 0.15) is 15.9 Å². The standard InChI is InChI=1S/C16H14O9/c1-24-16(7-2-3-9(18)10(19)4-7)15(22,23)14(21)13-11(20)5-8(17)6-12(13)25-16/h2-6,17-20,22-23H,1H3. The normalized spacial score (nSPS) is 21.5. The summed E-state index contributed by atoms with van der Waals surface area (Å²) in [5.41, 5.74) is -0.768. The van der Waals surface area contributed by atoms with Gasteiger partial charge in [-0.2, -0.15) is 0 Å². The highest BCUT2D eigenvalue weighted by atomic mass is 16.7. The van der Waals surface area contributed by atoms with Gasteiger partial charge in [0.05, 0.1) is 0 Å². The molecule has 25 heavy (non-hydrogen) atoms. The third-order valence-corrected chi connectivity index (χ3v) is 3.97. The van der Waals surface area contributed by atoms with Crippen LogP contribution >= 0.6 is 0 Å². The predicted molar refractivity (Wildman–Crippen MR) is 80.4 cm³/mol. The molecule has 132 valence electrons. The van der Waals surface area contributed by atoms with Crippen LogP contribution in [-0.4, -0.2) is 49.3 Å². The van der Waals surface area contributed by atoms with Gasteiger partial charge in [-0.1, -0.05) is 0 Å². The second kappa shape index (κ2) is 5.24. The minimum absolute atomic E-state index is 0.211. The Morgan fingerprint density at radius 2 is 1.64 bits per heavy atom. The summed E-state index contributed by atoms with van der Waals surface area (Å²) >= 11 is 0. The Balaban J connectivity index is 2.29. The molecule has 3 rings (SSSR count). The van der Waals surface area contributed by atoms with Crippen molar-refractivity contribution in [2.75, 3.05) is 7.11 Å². The van der Waals surface area contributed by atoms with E-state index in [-0.39, 0.29) is 11.3 Å². The molecule has 1 heterocycles. The maximum Gasteiger partial charge on any atom is 0.301 e. The molecule has 1 aliphatic heterocycles. The first kappa shape index (κ1) is 16.8. The number of methoxy groups -OCH3 is 1. The summed E-state index contributed by atoms with van der Waals surface area (Å²) in [5, 5.41) is 59.4. The Kier molecular flexibility index (Phi) is 3.53. The van der Waals surface area contributed by atoms with Crippen LogP contribution in [0.3, 0.4) is 0 Å². The fraction of sp³-hybridized carbons (Fsp3) is 0.188. The summed E-state index contributed by atoms with van der Waals surface area (Å²) in [4.78, 5) is 12.6. The minimum Gasteiger partial charge on any atom is -0.508 e. The number of carbonyl (C=O) groups is 1. The molecule has 0 radical (unpaired) electrons. The second-order valence-electron chi connectivity index (χ2n) is 5.47. The molecule has 0 saturated heterocycles. The molecule has 9 nitrogen and oxygen atoms in total. The Hall–Kier alpha value is -3.01. The molecule has 0 amide bonds. The lowest BCUT2D eigenvalue weighted by molar-refractivity contribution is -0.338. The maximum atomic E-state index is 12.6. The number of Topliss-reactive ketones (excluding diaryl/α,β-unsaturated/α-hetero) is 1. The third kappa shape index (κ3) is 2.18. The van der Waals surface area contributed by atoms with Crippen LogP contribution < -0.4 is 4.74 Å². The summed E-state index contributed by atoms with van der Waals surface area (Å²) in [6, 6.07) is 4.91. The van der Waals surface area contributed by atoms with Gasteiger partial charge in [0.15, 0.2) is 11.5 Å². The highest BCUT2D eigenvalue weighted by molar-refractivity contribution is 6.07. The zero-order valence-corrected chi connectivity index (χ0v) is 12.8. The van der Waals surface area contributed by atoms with E-state index >= 15 is 0 Å². The van der Waals surface area contributed by atoms with Gasteiger partial charge < -0.3 is 40.1 Å². The van der Waals surface area contributed by atoms with Crippen molar-refractivity contribution in [2.24, 2.45) is 0 Å². The van der Waals surface area contributed by atoms with Gasteiger partial charge in [-0.25, -0.2) is 0 Å². The highest BCUT2D eigenvalue weighted by Gasteiger charge is 2.64. The van der Waals surface area contributed by atoms with E-state index in [4.69, 9.17) is 9.47 Å². The fourth-order valence-electron chi connectivity index (χ4n) is 2.74. The van der Waals surface area contributed by atoms with Crippen LogP contribution in [0.15, 0.2) is 30.3 Å². The lowest BCUT2D eigenvalue weighted by Gasteiger charge is -2.44. The van der Waals surface area contributed by atoms with Crippen molar-refractivity contribution in [3.63, 3.8) is 0 Å². The van der Waals surface area contributed by atoms with Crippen molar-refractivity contribution in [3.05, 3.63) is 41.5 Å². The molecule has 0 fully saturated rings. The average Bonchev–Trinajstić information content (AvgIpc) is 2.53. The number of ketones is 1. The van der Waals surface area contributed by atoms with Crippen molar-refractivity contribution in [3.8, 4) is 28.7 Å². The molecule has 0 saturated carbocycles. The van der Waals surface area contributed by atoms with Crippen molar-refractivity contribution >= 4 is 5.78 Å². The first-order valence-electron chi connectivity index (χ1n) is 6.96. The number of phenolic OH excluding ortho intramolecular Hbond substituents is 4. The zero-order valence-electron chi connectivity index (χ0n) is 12.8. The van der Waals surface area contributed by atoms with Crippen molar-refractivity contribution < 1.29 is 44.9 Å². The second-order valence-corrected chi connectivity index (χ2v) is 5.47. The van der Waals surface area contributed by atoms with Crippen LogP contribution in [0.5, 0.6) is 28.7 Å². The number of aromatic hydroxyl groups is 4. The van der Waals surface area contributed by atoms with E-state index in [1.807, 2.05) is 0 Å². The molecule has 0 bridgehead atoms. The number of benzene rings is 2. The third-order valence-electron chi connectivity index (χ3n) is 3.97. The SMILES string of the molecule is COC1(c2ccc(O)c(O)c2)Oc2cc(O)cc(O)c2C(=O)C1(O)O. The number of fused-ring (bicyclic) bond motifs is 1. The summed E-state index contributed by atoms with van der Waals surface area (Å²) in [7, 11) is 1.02. The Morgan fingerprint density at radius 1 is 0.960 bits per heavy atom. The predicted octanol–water partition coefficient (Wildman–Crippen LogP) is 0.264. The summed E-state index contributed by atoms with van der Waals surface area (Å²) < 4.78 is 10.5. The van der Waals surface area contributed by atoms with Crippen LogP contribution in [0.4, 0.5) is 0 Å². The van der Waals surface area contributed by atoms with E-state index in [0.717, 1.165) is 37.4 Å². The Bertz CT molecular complexity index is 874. The fourth-order valence-corrected chi connectivity index (χ4v) is 2.74. The number of phenols is 4. The molecule has 0 aliphatic carbocycles. The van der Waals surface area contributed by atoms with Gasteiger partial charge in [-0.05, 0) is 18.2 Å². The topological polar surface area (TPSA) is 157 Å². The highest BCUT2D eigenvalue weighted by Crippen LogP contribution is 2.49. The Morgan fingerprint density at radius 3 is 2.24 bits per heavy atom. The van der Waals surface area contributed by atoms with Gasteiger partial charge in [0.25, 0.3) is 5.79 Å². The van der Waals surface area contributed by atoms with Gasteiger partial charge in [-0.15, -0.1) is 0 Å². The van der Waals surface area contributed by atoms with Crippen molar-refractivity contribution in [1.82, 2.24) is 0 Å². The summed E-state index contributed by atoms with van der Waals surface area (Å²) in [5.74, 6) is -9.82. The molecule has 0 spiro atoms. The Labute approximate surface area is 140 Å². The van der Waals surface area contributed by atoms with E-state index in [0.29, 0.717) is 0 Å². The molecule has 9 heteroatoms. The maximum absolute atomic E-state index is 12.6. The van der Waals surface area contributed by atoms with Crippen LogP contribution in [0.25, 0.3) is 0 Å². The van der Waals surface area contributed by atoms with E-state index in [1.54, 1.807) is 0 Å². The molecule has 0 aromatic heterocycles. The summed E-state index contributed by atoms with van der Waals surface area (Å²) in [6.07, 6.45) is 0. The lowest BCUT2D eigenvalue weighted by atomic mass is 9.86. The smallest absolute Gasteiger partial charge is 0.301 e. The monoisotopic (exact) mass is 350 g/mol. The van der Waals surface area contributed by atoms with Gasteiger partial charge in [0, 0.05) is 24.8 Å². The first-order chi connectivity index (χ1) is 11.6. The van der Waals surface area contributed by atoms with E-state index < -0.39 is 45.9 Å². The number of hydrogen-bond donors (Lipinski definition) is 6. The number of ether oxygens (including phenoxy) is 2. The molecule has 2 aromatic carbocycles. The first-order valence-corrected chi connectivity index (χ1v) is 6.96. The van der Waals surface area contributed by atoms with Gasteiger partial charge in [0.2, 0.25) is 5.78 Å². The van der Waals surface area contributed by atoms with Crippen LogP contribution in [0, 0.1) is 0 Å². The summed E-state index contributed by atoms with van der Waals surface area (Å²) in [6.45, 7) is 0. The average molecular weight is 350 g/mol. The van der Waals surface area contributed by atoms with E-state index in [2.05, 4.69) is 0 Å². The zero-order chi connectivity index (χ0) is 18.6. The van der Waals surface area contributed by atoms with Gasteiger partial charge in [0.1, 0.15) is 22.8 Å². The molecule has 6 N–H and O–H groups in total. The number of hydrogen-bond acceptors (Lipinski definition) is 9. The quantitative estimate of drug-likeness (QED) is 0.330. The van der Waals surface area contributed by atoms with Gasteiger partial charge >= 0.3 is 5.79 Å². The van der Waals surface area contributed by atoms with E-state index in [9.17, 15) is 35.4 Å². The molecular formula is C16H14O9. The molecule has 1 aliphatic rings. The molecule has 2 aromatic rings. The number of aliphatic hydroxyl groups is 2. The van der Waals surface area contributed by atoms with Crippen LogP contribution in [0.2, 0.25) is 0 Å². The molecular weight excluding hydrogens is 336 g/mol. The minimum atomic E-state index is -3.30.